The van der Waals surface area contributed by atoms with Crippen LogP contribution in [-0.2, 0) is 0 Å². The van der Waals surface area contributed by atoms with Gasteiger partial charge < -0.3 is 4.52 Å². The molecular weight excluding hydrogens is 204 g/mol. The predicted molar refractivity (Wildman–Crippen MR) is 58.7 cm³/mol. The Morgan fingerprint density at radius 2 is 2.06 bits per heavy atom. The van der Waals surface area contributed by atoms with E-state index in [1.165, 1.54) is 0 Å². The van der Waals surface area contributed by atoms with Crippen LogP contribution in [0, 0.1) is 6.92 Å². The fraction of sp³-hybridized carbons (Fsp3) is 0.167. The van der Waals surface area contributed by atoms with Gasteiger partial charge in [0.05, 0.1) is 0 Å². The number of nitrogens with zero attached hydrogens (tertiary/aromatic N) is 2. The Morgan fingerprint density at radius 1 is 1.31 bits per heavy atom. The Labute approximate surface area is 93.3 Å². The van der Waals surface area contributed by atoms with Gasteiger partial charge in [-0.15, -0.1) is 0 Å². The van der Waals surface area contributed by atoms with Crippen LogP contribution < -0.4 is 0 Å². The Hall–Kier alpha value is -1.97. The zero-order valence-electron chi connectivity index (χ0n) is 8.72. The zero-order valence-corrected chi connectivity index (χ0v) is 8.72. The van der Waals surface area contributed by atoms with Crippen molar-refractivity contribution in [1.29, 1.82) is 0 Å². The van der Waals surface area contributed by atoms with E-state index in [9.17, 15) is 4.79 Å². The molecule has 0 fully saturated rings. The monoisotopic (exact) mass is 215 g/mol. The summed E-state index contributed by atoms with van der Waals surface area (Å²) in [7, 11) is 0. The topological polar surface area (TPSA) is 56.0 Å². The number of carbonyl (C=O) groups is 1. The molecule has 4 nitrogen and oxygen atoms in total. The predicted octanol–water partition coefficient (Wildman–Crippen LogP) is 2.53. The van der Waals surface area contributed by atoms with Crippen molar-refractivity contribution in [1.82, 2.24) is 10.1 Å². The number of carbonyl (C=O) groups excluding carboxylic acids is 1. The lowest BCUT2D eigenvalue weighted by Gasteiger charge is -1.90. The average molecular weight is 215 g/mol. The van der Waals surface area contributed by atoms with Crippen LogP contribution in [-0.4, -0.2) is 15.9 Å². The molecule has 0 aliphatic rings. The molecule has 1 heterocycles. The van der Waals surface area contributed by atoms with Crippen LogP contribution in [0.5, 0.6) is 0 Å². The Bertz CT molecular complexity index is 477. The molecule has 1 radical (unpaired) electrons. The lowest BCUT2D eigenvalue weighted by atomic mass is 10.2. The molecular formula is C12H11N2O2. The van der Waals surface area contributed by atoms with E-state index in [0.29, 0.717) is 18.7 Å². The summed E-state index contributed by atoms with van der Waals surface area (Å²) in [5.41, 5.74) is 0.833. The van der Waals surface area contributed by atoms with Crippen LogP contribution in [0.15, 0.2) is 34.9 Å². The second kappa shape index (κ2) is 4.70. The second-order valence-corrected chi connectivity index (χ2v) is 3.32. The molecule has 16 heavy (non-hydrogen) atoms. The molecule has 4 heteroatoms. The van der Waals surface area contributed by atoms with Crippen LogP contribution in [0.3, 0.4) is 0 Å². The van der Waals surface area contributed by atoms with Gasteiger partial charge in [0.25, 0.3) is 5.89 Å². The van der Waals surface area contributed by atoms with Crippen LogP contribution in [0.4, 0.5) is 0 Å². The molecule has 0 atom stereocenters. The summed E-state index contributed by atoms with van der Waals surface area (Å²) in [5, 5.41) is 3.76. The molecule has 0 amide bonds. The first kappa shape index (κ1) is 10.5. The van der Waals surface area contributed by atoms with Gasteiger partial charge in [0.15, 0.2) is 0 Å². The van der Waals surface area contributed by atoms with Crippen molar-refractivity contribution in [2.75, 3.05) is 0 Å². The van der Waals surface area contributed by atoms with E-state index in [4.69, 9.17) is 4.52 Å². The molecule has 0 N–H and O–H groups in total. The number of Topliss-reactive ketones (excluding diaryl/α,β-unsaturated/α-hetero) is 1. The van der Waals surface area contributed by atoms with Crippen molar-refractivity contribution in [3.8, 4) is 11.4 Å². The fourth-order valence-corrected chi connectivity index (χ4v) is 1.31. The van der Waals surface area contributed by atoms with Gasteiger partial charge in [-0.2, -0.15) is 4.98 Å². The molecule has 1 aromatic heterocycles. The number of aromatic nitrogens is 2. The number of ketones is 1. The maximum absolute atomic E-state index is 11.5. The normalized spacial score (nSPS) is 10.3. The summed E-state index contributed by atoms with van der Waals surface area (Å²) in [6, 6.07) is 9.38. The number of hydrogen-bond acceptors (Lipinski definition) is 4. The second-order valence-electron chi connectivity index (χ2n) is 3.32. The first-order chi connectivity index (χ1) is 7.81. The fourth-order valence-electron chi connectivity index (χ4n) is 1.31. The van der Waals surface area contributed by atoms with E-state index in [1.54, 1.807) is 0 Å². The molecule has 0 aliphatic heterocycles. The molecule has 0 saturated carbocycles. The lowest BCUT2D eigenvalue weighted by Crippen LogP contribution is -1.98. The minimum Gasteiger partial charge on any atom is -0.330 e. The third-order valence-corrected chi connectivity index (χ3v) is 2.10. The summed E-state index contributed by atoms with van der Waals surface area (Å²) in [6.45, 7) is 3.61. The minimum atomic E-state index is -0.162. The molecule has 2 aromatic rings. The van der Waals surface area contributed by atoms with Crippen LogP contribution in [0.2, 0.25) is 0 Å². The molecule has 0 bridgehead atoms. The maximum atomic E-state index is 11.5. The molecule has 1 aromatic carbocycles. The molecule has 81 valence electrons. The quantitative estimate of drug-likeness (QED) is 0.735. The number of rotatable bonds is 4. The first-order valence-electron chi connectivity index (χ1n) is 5.03. The SMILES string of the molecule is [CH2]CCC(=O)c1nc(-c2ccccc2)no1. The van der Waals surface area contributed by atoms with Crippen LogP contribution in [0.25, 0.3) is 11.4 Å². The van der Waals surface area contributed by atoms with Crippen molar-refractivity contribution in [3.63, 3.8) is 0 Å². The van der Waals surface area contributed by atoms with Crippen molar-refractivity contribution in [2.24, 2.45) is 0 Å². The van der Waals surface area contributed by atoms with Crippen molar-refractivity contribution < 1.29 is 9.32 Å². The van der Waals surface area contributed by atoms with E-state index in [1.807, 2.05) is 30.3 Å². The highest BCUT2D eigenvalue weighted by atomic mass is 16.5. The van der Waals surface area contributed by atoms with Gasteiger partial charge in [-0.05, 0) is 6.42 Å². The Kier molecular flexibility index (Phi) is 3.10. The summed E-state index contributed by atoms with van der Waals surface area (Å²) in [5.74, 6) is 0.334. The van der Waals surface area contributed by atoms with Gasteiger partial charge in [-0.3, -0.25) is 4.79 Å². The van der Waals surface area contributed by atoms with Gasteiger partial charge in [-0.25, -0.2) is 0 Å². The van der Waals surface area contributed by atoms with Gasteiger partial charge >= 0.3 is 0 Å². The highest BCUT2D eigenvalue weighted by molar-refractivity contribution is 5.91. The Morgan fingerprint density at radius 3 is 2.75 bits per heavy atom. The van der Waals surface area contributed by atoms with E-state index in [-0.39, 0.29) is 11.7 Å². The number of benzene rings is 1. The van der Waals surface area contributed by atoms with E-state index in [0.717, 1.165) is 5.56 Å². The summed E-state index contributed by atoms with van der Waals surface area (Å²) in [6.07, 6.45) is 0.859. The van der Waals surface area contributed by atoms with E-state index >= 15 is 0 Å². The molecule has 0 spiro atoms. The van der Waals surface area contributed by atoms with Crippen molar-refractivity contribution in [3.05, 3.63) is 43.1 Å². The molecule has 0 saturated heterocycles. The lowest BCUT2D eigenvalue weighted by molar-refractivity contribution is 0.0941. The van der Waals surface area contributed by atoms with Crippen molar-refractivity contribution >= 4 is 5.78 Å². The summed E-state index contributed by atoms with van der Waals surface area (Å²) < 4.78 is 4.89. The van der Waals surface area contributed by atoms with Gasteiger partial charge in [0.2, 0.25) is 11.6 Å². The number of hydrogen-bond donors (Lipinski definition) is 0. The zero-order chi connectivity index (χ0) is 11.4. The largest absolute Gasteiger partial charge is 0.330 e. The standard InChI is InChI=1S/C12H11N2O2/c1-2-6-10(15)12-13-11(14-16-12)9-7-4-3-5-8-9/h3-5,7-8H,1-2,6H2. The maximum Gasteiger partial charge on any atom is 0.294 e. The summed E-state index contributed by atoms with van der Waals surface area (Å²) in [4.78, 5) is 15.5. The third-order valence-electron chi connectivity index (χ3n) is 2.10. The van der Waals surface area contributed by atoms with Crippen LogP contribution >= 0.6 is 0 Å². The smallest absolute Gasteiger partial charge is 0.294 e. The average Bonchev–Trinajstić information content (AvgIpc) is 2.80. The van der Waals surface area contributed by atoms with E-state index in [2.05, 4.69) is 17.1 Å². The summed E-state index contributed by atoms with van der Waals surface area (Å²) >= 11 is 0. The van der Waals surface area contributed by atoms with Crippen LogP contribution in [0.1, 0.15) is 23.5 Å². The first-order valence-corrected chi connectivity index (χ1v) is 5.03. The van der Waals surface area contributed by atoms with Gasteiger partial charge in [0.1, 0.15) is 0 Å². The third kappa shape index (κ3) is 2.16. The highest BCUT2D eigenvalue weighted by Gasteiger charge is 2.14. The van der Waals surface area contributed by atoms with E-state index < -0.39 is 0 Å². The Balaban J connectivity index is 2.23. The van der Waals surface area contributed by atoms with Gasteiger partial charge in [-0.1, -0.05) is 42.4 Å². The minimum absolute atomic E-state index is 0.0579. The molecule has 0 unspecified atom stereocenters. The molecule has 0 aliphatic carbocycles. The van der Waals surface area contributed by atoms with Crippen molar-refractivity contribution in [2.45, 2.75) is 12.8 Å². The molecule has 2 rings (SSSR count). The highest BCUT2D eigenvalue weighted by Crippen LogP contribution is 2.15. The van der Waals surface area contributed by atoms with Gasteiger partial charge in [0, 0.05) is 12.0 Å².